The summed E-state index contributed by atoms with van der Waals surface area (Å²) < 4.78 is 19.7. The third-order valence-corrected chi connectivity index (χ3v) is 11.8. The Morgan fingerprint density at radius 1 is 0.839 bits per heavy atom. The van der Waals surface area contributed by atoms with Crippen molar-refractivity contribution in [2.24, 2.45) is 0 Å². The Balaban J connectivity index is 1.97. The average Bonchev–Trinajstić information content (AvgIpc) is 2.76. The summed E-state index contributed by atoms with van der Waals surface area (Å²) >= 11 is 0. The maximum atomic E-state index is 12.7. The fourth-order valence-electron chi connectivity index (χ4n) is 3.94. The number of hydrogen-bond donors (Lipinski definition) is 0. The van der Waals surface area contributed by atoms with Gasteiger partial charge < -0.3 is 4.43 Å². The van der Waals surface area contributed by atoms with E-state index in [9.17, 15) is 4.21 Å². The molecule has 0 aliphatic heterocycles. The van der Waals surface area contributed by atoms with Crippen molar-refractivity contribution < 1.29 is 8.63 Å². The quantitative estimate of drug-likeness (QED) is 0.441. The molecule has 0 saturated heterocycles. The molecule has 2 nitrogen and oxygen atoms in total. The van der Waals surface area contributed by atoms with Crippen LogP contribution in [-0.2, 0) is 15.2 Å². The molecule has 2 atom stereocenters. The van der Waals surface area contributed by atoms with Gasteiger partial charge in [0, 0.05) is 10.3 Å². The molecule has 0 bridgehead atoms. The molecule has 4 heteroatoms. The summed E-state index contributed by atoms with van der Waals surface area (Å²) in [6.45, 7) is 10.9. The van der Waals surface area contributed by atoms with E-state index in [4.69, 9.17) is 4.43 Å². The van der Waals surface area contributed by atoms with Crippen molar-refractivity contribution >= 4 is 29.5 Å². The van der Waals surface area contributed by atoms with Crippen LogP contribution in [0.3, 0.4) is 0 Å². The van der Waals surface area contributed by atoms with Crippen LogP contribution in [0.25, 0.3) is 0 Å². The smallest absolute Gasteiger partial charge is 0.261 e. The number of rotatable bonds is 7. The lowest BCUT2D eigenvalue weighted by atomic mass is 10.2. The predicted molar refractivity (Wildman–Crippen MR) is 135 cm³/mol. The van der Waals surface area contributed by atoms with Crippen LogP contribution in [0.4, 0.5) is 0 Å². The molecular formula is C27H32O2SSi. The molecule has 0 aromatic heterocycles. The van der Waals surface area contributed by atoms with Crippen molar-refractivity contribution in [3.8, 4) is 0 Å². The van der Waals surface area contributed by atoms with E-state index in [1.807, 2.05) is 56.3 Å². The van der Waals surface area contributed by atoms with E-state index in [0.29, 0.717) is 0 Å². The zero-order valence-corrected chi connectivity index (χ0v) is 20.9. The second-order valence-electron chi connectivity index (χ2n) is 8.93. The van der Waals surface area contributed by atoms with Gasteiger partial charge in [0.2, 0.25) is 0 Å². The molecule has 3 aromatic rings. The summed E-state index contributed by atoms with van der Waals surface area (Å²) in [5, 5.41) is 4.16. The molecule has 3 rings (SSSR count). The zero-order chi connectivity index (χ0) is 22.5. The van der Waals surface area contributed by atoms with Crippen LogP contribution in [-0.4, -0.2) is 18.6 Å². The first-order valence-corrected chi connectivity index (χ1v) is 13.8. The predicted octanol–water partition coefficient (Wildman–Crippen LogP) is 5.58. The summed E-state index contributed by atoms with van der Waals surface area (Å²) in [6, 6.07) is 29.0. The second-order valence-corrected chi connectivity index (χ2v) is 14.5. The van der Waals surface area contributed by atoms with Crippen LogP contribution in [0.2, 0.25) is 5.04 Å². The third-order valence-electron chi connectivity index (χ3n) is 5.51. The molecule has 0 radical (unpaired) electrons. The van der Waals surface area contributed by atoms with Crippen LogP contribution >= 0.6 is 0 Å². The highest BCUT2D eigenvalue weighted by molar-refractivity contribution is 7.88. The van der Waals surface area contributed by atoms with Gasteiger partial charge in [-0.3, -0.25) is 0 Å². The molecule has 0 spiro atoms. The molecule has 0 saturated carbocycles. The highest BCUT2D eigenvalue weighted by Gasteiger charge is 2.50. The summed E-state index contributed by atoms with van der Waals surface area (Å²) in [5.41, 5.74) is 1.16. The lowest BCUT2D eigenvalue weighted by molar-refractivity contribution is 0.252. The van der Waals surface area contributed by atoms with Gasteiger partial charge >= 0.3 is 0 Å². The van der Waals surface area contributed by atoms with E-state index < -0.39 is 19.1 Å². The van der Waals surface area contributed by atoms with Crippen molar-refractivity contribution in [2.45, 2.75) is 50.7 Å². The maximum absolute atomic E-state index is 12.7. The lowest BCUT2D eigenvalue weighted by Gasteiger charge is -2.44. The van der Waals surface area contributed by atoms with E-state index in [-0.39, 0.29) is 11.1 Å². The Kier molecular flexibility index (Phi) is 7.47. The highest BCUT2D eigenvalue weighted by Crippen LogP contribution is 2.37. The normalized spacial score (nSPS) is 14.5. The van der Waals surface area contributed by atoms with Crippen molar-refractivity contribution in [1.29, 1.82) is 0 Å². The van der Waals surface area contributed by atoms with Gasteiger partial charge in [0.05, 0.1) is 16.9 Å². The van der Waals surface area contributed by atoms with Gasteiger partial charge in [-0.15, -0.1) is 0 Å². The van der Waals surface area contributed by atoms with Gasteiger partial charge in [-0.2, -0.15) is 0 Å². The number of aryl methyl sites for hydroxylation is 1. The zero-order valence-electron chi connectivity index (χ0n) is 19.0. The van der Waals surface area contributed by atoms with Gasteiger partial charge in [-0.25, -0.2) is 4.21 Å². The highest BCUT2D eigenvalue weighted by atomic mass is 32.2. The van der Waals surface area contributed by atoms with Gasteiger partial charge in [-0.05, 0) is 47.5 Å². The Bertz CT molecular complexity index is 983. The van der Waals surface area contributed by atoms with Crippen LogP contribution < -0.4 is 10.4 Å². The maximum Gasteiger partial charge on any atom is 0.261 e. The third kappa shape index (κ3) is 5.32. The number of benzene rings is 3. The minimum atomic E-state index is -2.62. The Morgan fingerprint density at radius 3 is 1.77 bits per heavy atom. The molecule has 0 aliphatic rings. The van der Waals surface area contributed by atoms with Gasteiger partial charge in [0.15, 0.2) is 0 Å². The second kappa shape index (κ2) is 9.90. The molecule has 0 heterocycles. The topological polar surface area (TPSA) is 26.3 Å². The largest absolute Gasteiger partial charge is 0.401 e. The van der Waals surface area contributed by atoms with Crippen molar-refractivity contribution in [3.63, 3.8) is 0 Å². The van der Waals surface area contributed by atoms with Crippen LogP contribution in [0, 0.1) is 6.92 Å². The Hall–Kier alpha value is -2.27. The molecule has 31 heavy (non-hydrogen) atoms. The van der Waals surface area contributed by atoms with Gasteiger partial charge in [0.25, 0.3) is 8.32 Å². The first kappa shape index (κ1) is 23.4. The standard InChI is InChI=1S/C27H32O2SSi/c1-22-16-18-24(19-17-22)30(28)21-20-23(2)29-31(27(3,4)5,25-12-8-6-9-13-25)26-14-10-7-11-15-26/h6-21,23H,1-5H3/b21-20-/t23-,30+/m0/s1. The SMILES string of the molecule is Cc1ccc([S@](=O)/C=C\[C@H](C)O[Si](c2ccccc2)(c2ccccc2)C(C)(C)C)cc1. The molecular weight excluding hydrogens is 416 g/mol. The average molecular weight is 449 g/mol. The summed E-state index contributed by atoms with van der Waals surface area (Å²) in [6.07, 6.45) is 1.76. The molecule has 0 unspecified atom stereocenters. The van der Waals surface area contributed by atoms with Crippen molar-refractivity contribution in [1.82, 2.24) is 0 Å². The molecule has 0 aliphatic carbocycles. The molecule has 0 fully saturated rings. The number of hydrogen-bond acceptors (Lipinski definition) is 2. The lowest BCUT2D eigenvalue weighted by Crippen LogP contribution is -2.67. The summed E-state index contributed by atoms with van der Waals surface area (Å²) in [4.78, 5) is 0.805. The minimum Gasteiger partial charge on any atom is -0.401 e. The van der Waals surface area contributed by atoms with Crippen LogP contribution in [0.15, 0.2) is 101 Å². The van der Waals surface area contributed by atoms with E-state index in [1.165, 1.54) is 10.4 Å². The molecule has 0 amide bonds. The van der Waals surface area contributed by atoms with E-state index in [0.717, 1.165) is 10.5 Å². The fourth-order valence-corrected chi connectivity index (χ4v) is 9.52. The molecule has 162 valence electrons. The van der Waals surface area contributed by atoms with E-state index in [1.54, 1.807) is 5.41 Å². The van der Waals surface area contributed by atoms with Crippen LogP contribution in [0.1, 0.15) is 33.3 Å². The van der Waals surface area contributed by atoms with E-state index >= 15 is 0 Å². The Morgan fingerprint density at radius 2 is 1.32 bits per heavy atom. The van der Waals surface area contributed by atoms with E-state index in [2.05, 4.69) is 69.3 Å². The minimum absolute atomic E-state index is 0.0894. The van der Waals surface area contributed by atoms with Crippen LogP contribution in [0.5, 0.6) is 0 Å². The van der Waals surface area contributed by atoms with Gasteiger partial charge in [-0.1, -0.05) is 99.1 Å². The first-order valence-electron chi connectivity index (χ1n) is 10.7. The Labute approximate surface area is 190 Å². The molecule has 0 N–H and O–H groups in total. The summed E-state index contributed by atoms with van der Waals surface area (Å²) in [7, 11) is -3.82. The van der Waals surface area contributed by atoms with Gasteiger partial charge in [0.1, 0.15) is 0 Å². The van der Waals surface area contributed by atoms with Crippen molar-refractivity contribution in [3.05, 3.63) is 102 Å². The monoisotopic (exact) mass is 448 g/mol. The first-order chi connectivity index (χ1) is 14.7. The van der Waals surface area contributed by atoms with Crippen molar-refractivity contribution in [2.75, 3.05) is 0 Å². The fraction of sp³-hybridized carbons (Fsp3) is 0.259. The molecule has 3 aromatic carbocycles. The summed E-state index contributed by atoms with van der Waals surface area (Å²) in [5.74, 6) is 0.